The van der Waals surface area contributed by atoms with E-state index in [1.54, 1.807) is 18.8 Å². The predicted octanol–water partition coefficient (Wildman–Crippen LogP) is 3.55. The molecule has 1 unspecified atom stereocenters. The van der Waals surface area contributed by atoms with Gasteiger partial charge in [0.1, 0.15) is 6.04 Å². The van der Waals surface area contributed by atoms with Crippen molar-refractivity contribution in [2.24, 2.45) is 0 Å². The van der Waals surface area contributed by atoms with Crippen molar-refractivity contribution in [3.05, 3.63) is 22.2 Å². The number of hydrogen-bond donors (Lipinski definition) is 2. The van der Waals surface area contributed by atoms with Crippen LogP contribution < -0.4 is 10.6 Å². The lowest BCUT2D eigenvalue weighted by Crippen LogP contribution is -2.23. The van der Waals surface area contributed by atoms with Gasteiger partial charge in [-0.15, -0.1) is 11.8 Å². The van der Waals surface area contributed by atoms with E-state index in [1.807, 2.05) is 12.1 Å². The van der Waals surface area contributed by atoms with Crippen molar-refractivity contribution in [1.29, 1.82) is 0 Å². The molecule has 1 aliphatic rings. The molecule has 5 heteroatoms. The fraction of sp³-hybridized carbons (Fsp3) is 0.462. The summed E-state index contributed by atoms with van der Waals surface area (Å²) in [5.41, 5.74) is 1.92. The monoisotopic (exact) mass is 328 g/mol. The lowest BCUT2D eigenvalue weighted by Gasteiger charge is -2.19. The maximum Gasteiger partial charge on any atom is 0.246 e. The number of benzene rings is 1. The van der Waals surface area contributed by atoms with E-state index in [2.05, 4.69) is 47.3 Å². The lowest BCUT2D eigenvalue weighted by molar-refractivity contribution is -0.117. The fourth-order valence-corrected chi connectivity index (χ4v) is 3.55. The SMILES string of the molecule is CNC1C(=O)Nc2cc(SC(C)(C)C)c(Br)cc21. The Bertz CT molecular complexity index is 496. The first-order chi connectivity index (χ1) is 8.31. The zero-order valence-electron chi connectivity index (χ0n) is 10.9. The van der Waals surface area contributed by atoms with Crippen LogP contribution in [0, 0.1) is 0 Å². The molecule has 0 fully saturated rings. The van der Waals surface area contributed by atoms with E-state index in [0.29, 0.717) is 0 Å². The van der Waals surface area contributed by atoms with Crippen LogP contribution in [-0.2, 0) is 4.79 Å². The molecule has 18 heavy (non-hydrogen) atoms. The highest BCUT2D eigenvalue weighted by atomic mass is 79.9. The molecule has 1 heterocycles. The number of thioether (sulfide) groups is 1. The maximum absolute atomic E-state index is 11.8. The summed E-state index contributed by atoms with van der Waals surface area (Å²) in [7, 11) is 1.80. The molecule has 0 saturated carbocycles. The highest BCUT2D eigenvalue weighted by molar-refractivity contribution is 9.10. The van der Waals surface area contributed by atoms with Crippen LogP contribution in [0.15, 0.2) is 21.5 Å². The van der Waals surface area contributed by atoms with Gasteiger partial charge in [-0.1, -0.05) is 20.8 Å². The van der Waals surface area contributed by atoms with Crippen molar-refractivity contribution < 1.29 is 4.79 Å². The van der Waals surface area contributed by atoms with E-state index in [4.69, 9.17) is 0 Å². The second kappa shape index (κ2) is 4.87. The molecule has 0 spiro atoms. The van der Waals surface area contributed by atoms with E-state index in [0.717, 1.165) is 20.6 Å². The van der Waals surface area contributed by atoms with Crippen LogP contribution in [0.1, 0.15) is 32.4 Å². The molecule has 1 aliphatic heterocycles. The van der Waals surface area contributed by atoms with E-state index in [1.165, 1.54) is 0 Å². The molecule has 2 rings (SSSR count). The van der Waals surface area contributed by atoms with Gasteiger partial charge in [0.05, 0.1) is 0 Å². The number of halogens is 1. The highest BCUT2D eigenvalue weighted by Gasteiger charge is 2.30. The zero-order chi connectivity index (χ0) is 13.5. The van der Waals surface area contributed by atoms with Crippen LogP contribution in [-0.4, -0.2) is 17.7 Å². The number of amides is 1. The minimum absolute atomic E-state index is 0.0114. The van der Waals surface area contributed by atoms with E-state index in [9.17, 15) is 4.79 Å². The lowest BCUT2D eigenvalue weighted by atomic mass is 10.1. The minimum Gasteiger partial charge on any atom is -0.324 e. The third-order valence-electron chi connectivity index (χ3n) is 2.64. The summed E-state index contributed by atoms with van der Waals surface area (Å²) >= 11 is 5.38. The summed E-state index contributed by atoms with van der Waals surface area (Å²) in [4.78, 5) is 12.9. The van der Waals surface area contributed by atoms with Gasteiger partial charge in [-0.25, -0.2) is 0 Å². The van der Waals surface area contributed by atoms with Gasteiger partial charge >= 0.3 is 0 Å². The number of hydrogen-bond acceptors (Lipinski definition) is 3. The average Bonchev–Trinajstić information content (AvgIpc) is 2.51. The Kier molecular flexibility index (Phi) is 3.76. The molecule has 0 aromatic heterocycles. The van der Waals surface area contributed by atoms with Crippen molar-refractivity contribution in [2.75, 3.05) is 12.4 Å². The second-order valence-electron chi connectivity index (χ2n) is 5.30. The summed E-state index contributed by atoms with van der Waals surface area (Å²) in [6.07, 6.45) is 0. The van der Waals surface area contributed by atoms with Crippen LogP contribution in [0.2, 0.25) is 0 Å². The van der Waals surface area contributed by atoms with Gasteiger partial charge in [0, 0.05) is 25.4 Å². The Morgan fingerprint density at radius 3 is 2.61 bits per heavy atom. The molecule has 0 radical (unpaired) electrons. The highest BCUT2D eigenvalue weighted by Crippen LogP contribution is 2.42. The Morgan fingerprint density at radius 1 is 1.39 bits per heavy atom. The fourth-order valence-electron chi connectivity index (χ4n) is 1.96. The van der Waals surface area contributed by atoms with Crippen LogP contribution in [0.5, 0.6) is 0 Å². The molecule has 3 nitrogen and oxygen atoms in total. The van der Waals surface area contributed by atoms with E-state index >= 15 is 0 Å². The van der Waals surface area contributed by atoms with Gasteiger partial charge in [0.25, 0.3) is 0 Å². The van der Waals surface area contributed by atoms with Crippen LogP contribution in [0.25, 0.3) is 0 Å². The summed E-state index contributed by atoms with van der Waals surface area (Å²) in [6.45, 7) is 6.52. The first-order valence-corrected chi connectivity index (χ1v) is 7.43. The van der Waals surface area contributed by atoms with Crippen LogP contribution in [0.3, 0.4) is 0 Å². The van der Waals surface area contributed by atoms with Gasteiger partial charge in [-0.3, -0.25) is 4.79 Å². The summed E-state index contributed by atoms with van der Waals surface area (Å²) in [5.74, 6) is 0.0114. The van der Waals surface area contributed by atoms with Gasteiger partial charge in [0.2, 0.25) is 5.91 Å². The Morgan fingerprint density at radius 2 is 2.06 bits per heavy atom. The van der Waals surface area contributed by atoms with Gasteiger partial charge in [-0.05, 0) is 35.1 Å². The Balaban J connectivity index is 2.40. The van der Waals surface area contributed by atoms with Crippen molar-refractivity contribution in [3.63, 3.8) is 0 Å². The normalized spacial score (nSPS) is 18.7. The van der Waals surface area contributed by atoms with Gasteiger partial charge in [-0.2, -0.15) is 0 Å². The maximum atomic E-state index is 11.8. The average molecular weight is 329 g/mol. The number of rotatable bonds is 2. The van der Waals surface area contributed by atoms with Gasteiger partial charge < -0.3 is 10.6 Å². The number of likely N-dealkylation sites (N-methyl/N-ethyl adjacent to an activating group) is 1. The third-order valence-corrected chi connectivity index (χ3v) is 4.73. The third kappa shape index (κ3) is 2.73. The summed E-state index contributed by atoms with van der Waals surface area (Å²) < 4.78 is 1.18. The molecule has 1 aromatic carbocycles. The minimum atomic E-state index is -0.245. The number of carbonyl (C=O) groups excluding carboxylic acids is 1. The topological polar surface area (TPSA) is 41.1 Å². The summed E-state index contributed by atoms with van der Waals surface area (Å²) in [5, 5.41) is 5.94. The van der Waals surface area contributed by atoms with E-state index < -0.39 is 0 Å². The molecule has 1 aromatic rings. The first-order valence-electron chi connectivity index (χ1n) is 5.82. The van der Waals surface area contributed by atoms with Crippen molar-refractivity contribution in [3.8, 4) is 0 Å². The standard InChI is InChI=1S/C13H17BrN2OS/c1-13(2,3)18-10-6-9-7(5-8(10)14)11(15-4)12(17)16-9/h5-6,11,15H,1-4H3,(H,16,17). The molecular formula is C13H17BrN2OS. The summed E-state index contributed by atoms with van der Waals surface area (Å²) in [6, 6.07) is 3.83. The molecular weight excluding hydrogens is 312 g/mol. The molecule has 98 valence electrons. The molecule has 0 saturated heterocycles. The van der Waals surface area contributed by atoms with Crippen LogP contribution >= 0.6 is 27.7 Å². The first kappa shape index (κ1) is 13.9. The molecule has 2 N–H and O–H groups in total. The largest absolute Gasteiger partial charge is 0.324 e. The van der Waals surface area contributed by atoms with Gasteiger partial charge in [0.15, 0.2) is 0 Å². The quantitative estimate of drug-likeness (QED) is 0.815. The zero-order valence-corrected chi connectivity index (χ0v) is 13.3. The van der Waals surface area contributed by atoms with Crippen molar-refractivity contribution >= 4 is 39.3 Å². The predicted molar refractivity (Wildman–Crippen MR) is 80.2 cm³/mol. The second-order valence-corrected chi connectivity index (χ2v) is 8.02. The molecule has 0 aliphatic carbocycles. The smallest absolute Gasteiger partial charge is 0.246 e. The number of nitrogens with one attached hydrogen (secondary N) is 2. The number of fused-ring (bicyclic) bond motifs is 1. The Hall–Kier alpha value is -0.520. The van der Waals surface area contributed by atoms with Crippen LogP contribution in [0.4, 0.5) is 5.69 Å². The van der Waals surface area contributed by atoms with Crippen molar-refractivity contribution in [1.82, 2.24) is 5.32 Å². The van der Waals surface area contributed by atoms with E-state index in [-0.39, 0.29) is 16.7 Å². The number of anilines is 1. The molecule has 1 amide bonds. The Labute approximate surface area is 120 Å². The van der Waals surface area contributed by atoms with Crippen molar-refractivity contribution in [2.45, 2.75) is 36.5 Å². The number of carbonyl (C=O) groups is 1. The molecule has 1 atom stereocenters. The molecule has 0 bridgehead atoms.